The fourth-order valence-corrected chi connectivity index (χ4v) is 2.22. The van der Waals surface area contributed by atoms with Gasteiger partial charge in [-0.3, -0.25) is 0 Å². The zero-order valence-electron chi connectivity index (χ0n) is 11.2. The lowest BCUT2D eigenvalue weighted by molar-refractivity contribution is 0.352. The van der Waals surface area contributed by atoms with Crippen LogP contribution < -0.4 is 10.6 Å². The van der Waals surface area contributed by atoms with E-state index in [9.17, 15) is 8.78 Å². The Balaban J connectivity index is 1.92. The van der Waals surface area contributed by atoms with E-state index in [1.807, 2.05) is 6.92 Å². The maximum Gasteiger partial charge on any atom is 0.168 e. The number of hydrogen-bond acceptors (Lipinski definition) is 4. The second kappa shape index (κ2) is 6.65. The summed E-state index contributed by atoms with van der Waals surface area (Å²) >= 11 is 0. The molecule has 19 heavy (non-hydrogen) atoms. The third kappa shape index (κ3) is 3.76. The van der Waals surface area contributed by atoms with E-state index >= 15 is 0 Å². The van der Waals surface area contributed by atoms with Crippen molar-refractivity contribution in [2.24, 2.45) is 0 Å². The summed E-state index contributed by atoms with van der Waals surface area (Å²) < 4.78 is 26.9. The molecule has 1 aliphatic heterocycles. The minimum absolute atomic E-state index is 0.0903. The SMILES string of the molecule is CCNc1nc(NCCN2CCCC2)c(F)cc1F. The number of pyridine rings is 1. The average molecular weight is 270 g/mol. The van der Waals surface area contributed by atoms with Gasteiger partial charge in [0.1, 0.15) is 0 Å². The number of rotatable bonds is 6. The van der Waals surface area contributed by atoms with Gasteiger partial charge in [-0.2, -0.15) is 0 Å². The summed E-state index contributed by atoms with van der Waals surface area (Å²) in [5.74, 6) is -1.12. The minimum atomic E-state index is -0.663. The molecule has 2 N–H and O–H groups in total. The monoisotopic (exact) mass is 270 g/mol. The van der Waals surface area contributed by atoms with Crippen LogP contribution in [-0.2, 0) is 0 Å². The van der Waals surface area contributed by atoms with Gasteiger partial charge in [0.25, 0.3) is 0 Å². The Bertz CT molecular complexity index is 419. The molecule has 0 spiro atoms. The maximum absolute atomic E-state index is 13.6. The fraction of sp³-hybridized carbons (Fsp3) is 0.615. The van der Waals surface area contributed by atoms with E-state index in [-0.39, 0.29) is 11.6 Å². The highest BCUT2D eigenvalue weighted by atomic mass is 19.1. The van der Waals surface area contributed by atoms with Crippen LogP contribution in [0.1, 0.15) is 19.8 Å². The van der Waals surface area contributed by atoms with Crippen molar-refractivity contribution in [3.05, 3.63) is 17.7 Å². The van der Waals surface area contributed by atoms with Gasteiger partial charge in [-0.1, -0.05) is 0 Å². The second-order valence-corrected chi connectivity index (χ2v) is 4.66. The zero-order chi connectivity index (χ0) is 13.7. The number of nitrogens with zero attached hydrogens (tertiary/aromatic N) is 2. The summed E-state index contributed by atoms with van der Waals surface area (Å²) in [5, 5.41) is 5.70. The van der Waals surface area contributed by atoms with E-state index in [1.54, 1.807) is 0 Å². The topological polar surface area (TPSA) is 40.2 Å². The molecule has 0 saturated carbocycles. The number of aromatic nitrogens is 1. The summed E-state index contributed by atoms with van der Waals surface area (Å²) in [6, 6.07) is 0.864. The third-order valence-electron chi connectivity index (χ3n) is 3.19. The minimum Gasteiger partial charge on any atom is -0.368 e. The van der Waals surface area contributed by atoms with Crippen LogP contribution >= 0.6 is 0 Å². The summed E-state index contributed by atoms with van der Waals surface area (Å²) in [5.41, 5.74) is 0. The molecule has 0 radical (unpaired) electrons. The van der Waals surface area contributed by atoms with Gasteiger partial charge in [0.2, 0.25) is 0 Å². The standard InChI is InChI=1S/C13H20F2N4/c1-2-16-12-10(14)9-11(15)13(18-12)17-5-8-19-6-3-4-7-19/h9H,2-8H2,1H3,(H2,16,17,18). The van der Waals surface area contributed by atoms with Gasteiger partial charge < -0.3 is 15.5 Å². The van der Waals surface area contributed by atoms with Crippen molar-refractivity contribution in [1.29, 1.82) is 0 Å². The lowest BCUT2D eigenvalue weighted by Crippen LogP contribution is -2.26. The van der Waals surface area contributed by atoms with Crippen LogP contribution in [0.15, 0.2) is 6.07 Å². The predicted octanol–water partition coefficient (Wildman–Crippen LogP) is 2.30. The fourth-order valence-electron chi connectivity index (χ4n) is 2.22. The number of likely N-dealkylation sites (tertiary alicyclic amines) is 1. The van der Waals surface area contributed by atoms with Gasteiger partial charge in [0.15, 0.2) is 23.3 Å². The Hall–Kier alpha value is -1.43. The van der Waals surface area contributed by atoms with Crippen molar-refractivity contribution in [2.75, 3.05) is 43.4 Å². The zero-order valence-corrected chi connectivity index (χ0v) is 11.2. The van der Waals surface area contributed by atoms with Crippen molar-refractivity contribution in [1.82, 2.24) is 9.88 Å². The van der Waals surface area contributed by atoms with Gasteiger partial charge in [0, 0.05) is 25.7 Å². The number of hydrogen-bond donors (Lipinski definition) is 2. The van der Waals surface area contributed by atoms with Gasteiger partial charge in [-0.15, -0.1) is 0 Å². The lowest BCUT2D eigenvalue weighted by Gasteiger charge is -2.15. The molecular formula is C13H20F2N4. The van der Waals surface area contributed by atoms with Crippen LogP contribution in [0.25, 0.3) is 0 Å². The van der Waals surface area contributed by atoms with E-state index in [2.05, 4.69) is 20.5 Å². The molecule has 1 fully saturated rings. The molecule has 0 aromatic carbocycles. The highest BCUT2D eigenvalue weighted by Crippen LogP contribution is 2.18. The van der Waals surface area contributed by atoms with Crippen molar-refractivity contribution in [2.45, 2.75) is 19.8 Å². The molecular weight excluding hydrogens is 250 g/mol. The van der Waals surface area contributed by atoms with Crippen molar-refractivity contribution in [3.8, 4) is 0 Å². The van der Waals surface area contributed by atoms with E-state index in [4.69, 9.17) is 0 Å². The largest absolute Gasteiger partial charge is 0.368 e. The molecule has 0 aliphatic carbocycles. The van der Waals surface area contributed by atoms with Crippen molar-refractivity contribution in [3.63, 3.8) is 0 Å². The smallest absolute Gasteiger partial charge is 0.168 e. The summed E-state index contributed by atoms with van der Waals surface area (Å²) in [4.78, 5) is 6.25. The molecule has 1 saturated heterocycles. The van der Waals surface area contributed by atoms with Crippen LogP contribution in [0.5, 0.6) is 0 Å². The quantitative estimate of drug-likeness (QED) is 0.832. The Morgan fingerprint density at radius 2 is 1.79 bits per heavy atom. The van der Waals surface area contributed by atoms with Crippen LogP contribution in [0.3, 0.4) is 0 Å². The first-order valence-electron chi connectivity index (χ1n) is 6.77. The van der Waals surface area contributed by atoms with Gasteiger partial charge >= 0.3 is 0 Å². The van der Waals surface area contributed by atoms with Gasteiger partial charge in [-0.05, 0) is 32.9 Å². The predicted molar refractivity (Wildman–Crippen MR) is 72.5 cm³/mol. The van der Waals surface area contributed by atoms with Crippen LogP contribution in [0.2, 0.25) is 0 Å². The highest BCUT2D eigenvalue weighted by molar-refractivity contribution is 5.47. The Morgan fingerprint density at radius 3 is 2.42 bits per heavy atom. The first-order chi connectivity index (χ1) is 9.20. The molecule has 106 valence electrons. The molecule has 0 atom stereocenters. The first kappa shape index (κ1) is 14.0. The highest BCUT2D eigenvalue weighted by Gasteiger charge is 2.13. The van der Waals surface area contributed by atoms with Gasteiger partial charge in [0.05, 0.1) is 0 Å². The van der Waals surface area contributed by atoms with E-state index in [0.29, 0.717) is 13.1 Å². The van der Waals surface area contributed by atoms with Crippen LogP contribution in [0, 0.1) is 11.6 Å². The lowest BCUT2D eigenvalue weighted by atomic mass is 10.4. The molecule has 0 amide bonds. The van der Waals surface area contributed by atoms with Crippen molar-refractivity contribution >= 4 is 11.6 Å². The summed E-state index contributed by atoms with van der Waals surface area (Å²) in [6.07, 6.45) is 2.46. The number of nitrogens with one attached hydrogen (secondary N) is 2. The van der Waals surface area contributed by atoms with Crippen LogP contribution in [-0.4, -0.2) is 42.6 Å². The number of halogens is 2. The molecule has 6 heteroatoms. The molecule has 2 rings (SSSR count). The van der Waals surface area contributed by atoms with Crippen LogP contribution in [0.4, 0.5) is 20.4 Å². The first-order valence-corrected chi connectivity index (χ1v) is 6.77. The van der Waals surface area contributed by atoms with E-state index in [0.717, 1.165) is 25.7 Å². The normalized spacial score (nSPS) is 15.7. The summed E-state index contributed by atoms with van der Waals surface area (Å²) in [6.45, 7) is 6.05. The molecule has 4 nitrogen and oxygen atoms in total. The maximum atomic E-state index is 13.6. The van der Waals surface area contributed by atoms with E-state index in [1.165, 1.54) is 12.8 Å². The second-order valence-electron chi connectivity index (χ2n) is 4.66. The molecule has 0 unspecified atom stereocenters. The Morgan fingerprint density at radius 1 is 1.16 bits per heavy atom. The Labute approximate surface area is 112 Å². The molecule has 1 aliphatic rings. The van der Waals surface area contributed by atoms with E-state index < -0.39 is 11.6 Å². The van der Waals surface area contributed by atoms with Gasteiger partial charge in [-0.25, -0.2) is 13.8 Å². The molecule has 2 heterocycles. The summed E-state index contributed by atoms with van der Waals surface area (Å²) in [7, 11) is 0. The molecule has 1 aromatic heterocycles. The third-order valence-corrected chi connectivity index (χ3v) is 3.19. The average Bonchev–Trinajstić information content (AvgIpc) is 2.88. The molecule has 0 bridgehead atoms. The Kier molecular flexibility index (Phi) is 4.90. The number of anilines is 2. The van der Waals surface area contributed by atoms with Crippen molar-refractivity contribution < 1.29 is 8.78 Å². The molecule has 1 aromatic rings.